The van der Waals surface area contributed by atoms with Crippen molar-refractivity contribution in [1.82, 2.24) is 5.43 Å². The van der Waals surface area contributed by atoms with Crippen molar-refractivity contribution < 1.29 is 8.78 Å². The molecule has 4 rings (SSSR count). The van der Waals surface area contributed by atoms with Gasteiger partial charge >= 0.3 is 0 Å². The van der Waals surface area contributed by atoms with Crippen LogP contribution in [0.25, 0.3) is 0 Å². The minimum Gasteiger partial charge on any atom is -0.260 e. The van der Waals surface area contributed by atoms with Crippen molar-refractivity contribution in [3.8, 4) is 0 Å². The molecular weight excluding hydrogens is 356 g/mol. The Kier molecular flexibility index (Phi) is 4.74. The summed E-state index contributed by atoms with van der Waals surface area (Å²) in [5, 5.41) is 4.56. The molecule has 0 radical (unpaired) electrons. The van der Waals surface area contributed by atoms with Gasteiger partial charge in [-0.2, -0.15) is 5.10 Å². The molecule has 1 aliphatic heterocycles. The van der Waals surface area contributed by atoms with Crippen LogP contribution in [0.3, 0.4) is 0 Å². The molecule has 0 unspecified atom stereocenters. The Morgan fingerprint density at radius 2 is 1.39 bits per heavy atom. The minimum absolute atomic E-state index is 0.301. The first-order valence-electron chi connectivity index (χ1n) is 9.10. The van der Waals surface area contributed by atoms with E-state index in [9.17, 15) is 8.78 Å². The van der Waals surface area contributed by atoms with Crippen LogP contribution in [0.1, 0.15) is 42.0 Å². The maximum Gasteiger partial charge on any atom is 0.154 e. The number of benzene rings is 3. The third kappa shape index (κ3) is 3.56. The Morgan fingerprint density at radius 3 is 2.00 bits per heavy atom. The fraction of sp³-hybridized carbons (Fsp3) is 0.130. The van der Waals surface area contributed by atoms with Crippen LogP contribution in [0, 0.1) is 11.6 Å². The fourth-order valence-corrected chi connectivity index (χ4v) is 3.08. The summed E-state index contributed by atoms with van der Waals surface area (Å²) in [7, 11) is 0. The molecule has 0 saturated heterocycles. The van der Waals surface area contributed by atoms with Gasteiger partial charge in [-0.1, -0.05) is 19.9 Å². The van der Waals surface area contributed by atoms with Crippen LogP contribution in [-0.2, 0) is 0 Å². The number of aliphatic imine (C=N–C) groups is 1. The average Bonchev–Trinajstić information content (AvgIpc) is 2.88. The average molecular weight is 375 g/mol. The molecule has 1 aliphatic rings. The van der Waals surface area contributed by atoms with Crippen LogP contribution < -0.4 is 5.43 Å². The van der Waals surface area contributed by atoms with Crippen molar-refractivity contribution in [3.05, 3.63) is 101 Å². The number of halogens is 2. The summed E-state index contributed by atoms with van der Waals surface area (Å²) in [6.07, 6.45) is 0. The molecule has 5 heteroatoms. The summed E-state index contributed by atoms with van der Waals surface area (Å²) in [4.78, 5) is 4.73. The van der Waals surface area contributed by atoms with Gasteiger partial charge in [0.15, 0.2) is 5.84 Å². The van der Waals surface area contributed by atoms with Crippen molar-refractivity contribution in [2.45, 2.75) is 19.8 Å². The number of hydrogen-bond acceptors (Lipinski definition) is 3. The third-order valence-corrected chi connectivity index (χ3v) is 4.68. The molecule has 0 amide bonds. The Bertz CT molecular complexity index is 1070. The second kappa shape index (κ2) is 7.35. The van der Waals surface area contributed by atoms with Gasteiger partial charge in [-0.15, -0.1) is 0 Å². The Balaban J connectivity index is 1.87. The zero-order valence-electron chi connectivity index (χ0n) is 15.6. The van der Waals surface area contributed by atoms with E-state index in [0.29, 0.717) is 17.5 Å². The smallest absolute Gasteiger partial charge is 0.154 e. The van der Waals surface area contributed by atoms with Gasteiger partial charge in [0.1, 0.15) is 11.6 Å². The van der Waals surface area contributed by atoms with E-state index in [2.05, 4.69) is 30.4 Å². The summed E-state index contributed by atoms with van der Waals surface area (Å²) in [6, 6.07) is 18.4. The molecule has 3 nitrogen and oxygen atoms in total. The molecule has 0 spiro atoms. The van der Waals surface area contributed by atoms with Crippen LogP contribution in [0.2, 0.25) is 0 Å². The van der Waals surface area contributed by atoms with E-state index < -0.39 is 0 Å². The van der Waals surface area contributed by atoms with Gasteiger partial charge in [0.05, 0.1) is 11.4 Å². The van der Waals surface area contributed by atoms with Crippen molar-refractivity contribution >= 4 is 17.2 Å². The first-order valence-corrected chi connectivity index (χ1v) is 9.10. The minimum atomic E-state index is -0.310. The van der Waals surface area contributed by atoms with E-state index >= 15 is 0 Å². The Labute approximate surface area is 162 Å². The highest BCUT2D eigenvalue weighted by atomic mass is 19.1. The van der Waals surface area contributed by atoms with Gasteiger partial charge in [-0.3, -0.25) is 5.43 Å². The number of amidine groups is 1. The number of hydrogen-bond donors (Lipinski definition) is 1. The van der Waals surface area contributed by atoms with Gasteiger partial charge in [0, 0.05) is 16.7 Å². The maximum atomic E-state index is 13.4. The second-order valence-electron chi connectivity index (χ2n) is 6.98. The molecule has 0 atom stereocenters. The highest BCUT2D eigenvalue weighted by Gasteiger charge is 2.18. The number of rotatable bonds is 3. The predicted molar refractivity (Wildman–Crippen MR) is 108 cm³/mol. The van der Waals surface area contributed by atoms with Crippen molar-refractivity contribution in [2.24, 2.45) is 10.1 Å². The van der Waals surface area contributed by atoms with Crippen LogP contribution >= 0.6 is 0 Å². The molecule has 0 saturated carbocycles. The lowest BCUT2D eigenvalue weighted by Gasteiger charge is -2.12. The van der Waals surface area contributed by atoms with Gasteiger partial charge in [0.25, 0.3) is 0 Å². The van der Waals surface area contributed by atoms with Crippen LogP contribution in [0.15, 0.2) is 76.8 Å². The molecule has 0 aliphatic carbocycles. The van der Waals surface area contributed by atoms with Crippen LogP contribution in [0.5, 0.6) is 0 Å². The lowest BCUT2D eigenvalue weighted by molar-refractivity contribution is 0.627. The molecule has 1 N–H and O–H groups in total. The highest BCUT2D eigenvalue weighted by molar-refractivity contribution is 6.18. The molecule has 0 aromatic heterocycles. The standard InChI is InChI=1S/C23H19F2N3/c1-14(2)17-7-12-21-20(13-17)22(15-3-8-18(24)9-4-15)27-28-23(26-21)16-5-10-19(25)11-6-16/h3-14H,1-2H3,(H,26,28). The zero-order valence-corrected chi connectivity index (χ0v) is 15.6. The van der Waals surface area contributed by atoms with E-state index in [0.717, 1.165) is 27.9 Å². The first kappa shape index (κ1) is 18.0. The number of fused-ring (bicyclic) bond motifs is 1. The summed E-state index contributed by atoms with van der Waals surface area (Å²) >= 11 is 0. The summed E-state index contributed by atoms with van der Waals surface area (Å²) < 4.78 is 26.7. The molecule has 0 fully saturated rings. The lowest BCUT2D eigenvalue weighted by Crippen LogP contribution is -2.19. The SMILES string of the molecule is CC(C)c1ccc2c(c1)C(c1ccc(F)cc1)=NNC(c1ccc(F)cc1)=N2. The number of hydrazone groups is 1. The summed E-state index contributed by atoms with van der Waals surface area (Å²) in [5.74, 6) is 0.257. The lowest BCUT2D eigenvalue weighted by atomic mass is 9.95. The molecule has 28 heavy (non-hydrogen) atoms. The van der Waals surface area contributed by atoms with Crippen molar-refractivity contribution in [2.75, 3.05) is 0 Å². The highest BCUT2D eigenvalue weighted by Crippen LogP contribution is 2.29. The maximum absolute atomic E-state index is 13.4. The predicted octanol–water partition coefficient (Wildman–Crippen LogP) is 5.52. The zero-order chi connectivity index (χ0) is 19.7. The topological polar surface area (TPSA) is 36.8 Å². The van der Waals surface area contributed by atoms with Gasteiger partial charge < -0.3 is 0 Å². The number of nitrogens with one attached hydrogen (secondary N) is 1. The van der Waals surface area contributed by atoms with E-state index in [-0.39, 0.29) is 11.6 Å². The van der Waals surface area contributed by atoms with E-state index in [1.165, 1.54) is 24.3 Å². The monoisotopic (exact) mass is 375 g/mol. The van der Waals surface area contributed by atoms with E-state index in [1.54, 1.807) is 24.3 Å². The molecular formula is C23H19F2N3. The van der Waals surface area contributed by atoms with E-state index in [4.69, 9.17) is 4.99 Å². The normalized spacial score (nSPS) is 13.3. The number of nitrogens with zero attached hydrogens (tertiary/aromatic N) is 2. The van der Waals surface area contributed by atoms with Crippen molar-refractivity contribution in [1.29, 1.82) is 0 Å². The van der Waals surface area contributed by atoms with E-state index in [1.807, 2.05) is 12.1 Å². The first-order chi connectivity index (χ1) is 13.5. The Hall–Kier alpha value is -3.34. The van der Waals surface area contributed by atoms with Crippen molar-refractivity contribution in [3.63, 3.8) is 0 Å². The fourth-order valence-electron chi connectivity index (χ4n) is 3.08. The molecule has 3 aromatic rings. The van der Waals surface area contributed by atoms with Crippen LogP contribution in [0.4, 0.5) is 14.5 Å². The summed E-state index contributed by atoms with van der Waals surface area (Å²) in [5.41, 5.74) is 7.96. The quantitative estimate of drug-likeness (QED) is 0.643. The second-order valence-corrected chi connectivity index (χ2v) is 6.98. The van der Waals surface area contributed by atoms with Crippen LogP contribution in [-0.4, -0.2) is 11.5 Å². The largest absolute Gasteiger partial charge is 0.260 e. The molecule has 0 bridgehead atoms. The van der Waals surface area contributed by atoms with Gasteiger partial charge in [0.2, 0.25) is 0 Å². The molecule has 140 valence electrons. The van der Waals surface area contributed by atoms with Gasteiger partial charge in [-0.05, 0) is 72.1 Å². The Morgan fingerprint density at radius 1 is 0.786 bits per heavy atom. The molecule has 1 heterocycles. The molecule has 3 aromatic carbocycles. The van der Waals surface area contributed by atoms with Gasteiger partial charge in [-0.25, -0.2) is 13.8 Å². The summed E-state index contributed by atoms with van der Waals surface area (Å²) in [6.45, 7) is 4.25. The third-order valence-electron chi connectivity index (χ3n) is 4.68.